The van der Waals surface area contributed by atoms with E-state index in [2.05, 4.69) is 5.32 Å². The average Bonchev–Trinajstić information content (AvgIpc) is 2.58. The van der Waals surface area contributed by atoms with Gasteiger partial charge in [0.05, 0.1) is 5.56 Å². The molecule has 1 aliphatic heterocycles. The molecule has 0 fully saturated rings. The topological polar surface area (TPSA) is 32.3 Å². The molecule has 1 atom stereocenters. The normalized spacial score (nSPS) is 19.4. The number of fused-ring (bicyclic) bond motifs is 1. The summed E-state index contributed by atoms with van der Waals surface area (Å²) in [5.41, 5.74) is 0.277. The molecule has 2 N–H and O–H groups in total. The van der Waals surface area contributed by atoms with Crippen LogP contribution in [0, 0.1) is 0 Å². The van der Waals surface area contributed by atoms with Gasteiger partial charge in [0, 0.05) is 18.3 Å². The third kappa shape index (κ3) is 2.00. The van der Waals surface area contributed by atoms with Crippen LogP contribution >= 0.6 is 0 Å². The lowest BCUT2D eigenvalue weighted by molar-refractivity contribution is -0.138. The van der Waals surface area contributed by atoms with Gasteiger partial charge in [-0.2, -0.15) is 13.2 Å². The summed E-state index contributed by atoms with van der Waals surface area (Å²) in [4.78, 5) is 0. The van der Waals surface area contributed by atoms with E-state index < -0.39 is 11.7 Å². The Morgan fingerprint density at radius 3 is 2.75 bits per heavy atom. The smallest absolute Gasteiger partial charge is 0.396 e. The molecule has 0 radical (unpaired) electrons. The van der Waals surface area contributed by atoms with Gasteiger partial charge in [-0.3, -0.25) is 0 Å². The Hall–Kier alpha value is -1.23. The largest absolute Gasteiger partial charge is 0.416 e. The fraction of sp³-hybridized carbons (Fsp3) is 0.455. The van der Waals surface area contributed by atoms with Crippen molar-refractivity contribution in [3.63, 3.8) is 0 Å². The highest BCUT2D eigenvalue weighted by Gasteiger charge is 2.36. The van der Waals surface area contributed by atoms with Crippen molar-refractivity contribution in [2.45, 2.75) is 25.1 Å². The van der Waals surface area contributed by atoms with Gasteiger partial charge in [-0.1, -0.05) is 6.07 Å². The van der Waals surface area contributed by atoms with Gasteiger partial charge in [-0.05, 0) is 30.5 Å². The standard InChI is InChI=1S/C11H12F3NO/c12-11(13,14)9-2-1-3-10-8(9)6-7(15-10)4-5-16/h1-3,7,15-16H,4-6H2. The lowest BCUT2D eigenvalue weighted by atomic mass is 10.0. The molecular weight excluding hydrogens is 219 g/mol. The van der Waals surface area contributed by atoms with Gasteiger partial charge in [0.1, 0.15) is 0 Å². The molecule has 0 aliphatic carbocycles. The van der Waals surface area contributed by atoms with Crippen molar-refractivity contribution in [3.8, 4) is 0 Å². The summed E-state index contributed by atoms with van der Waals surface area (Å²) in [7, 11) is 0. The molecule has 0 aromatic heterocycles. The first-order valence-corrected chi connectivity index (χ1v) is 5.09. The summed E-state index contributed by atoms with van der Waals surface area (Å²) < 4.78 is 38.0. The molecule has 1 aliphatic rings. The molecular formula is C11H12F3NO. The maximum Gasteiger partial charge on any atom is 0.416 e. The van der Waals surface area contributed by atoms with Gasteiger partial charge in [-0.15, -0.1) is 0 Å². The van der Waals surface area contributed by atoms with Crippen LogP contribution < -0.4 is 5.32 Å². The zero-order chi connectivity index (χ0) is 11.8. The van der Waals surface area contributed by atoms with Crippen LogP contribution in [0.25, 0.3) is 0 Å². The van der Waals surface area contributed by atoms with Crippen molar-refractivity contribution in [1.82, 2.24) is 0 Å². The van der Waals surface area contributed by atoms with Crippen molar-refractivity contribution in [3.05, 3.63) is 29.3 Å². The fourth-order valence-electron chi connectivity index (χ4n) is 2.05. The van der Waals surface area contributed by atoms with E-state index in [1.54, 1.807) is 6.07 Å². The van der Waals surface area contributed by atoms with E-state index in [1.807, 2.05) is 0 Å². The number of aliphatic hydroxyl groups is 1. The number of nitrogens with one attached hydrogen (secondary N) is 1. The zero-order valence-electron chi connectivity index (χ0n) is 8.51. The van der Waals surface area contributed by atoms with E-state index in [4.69, 9.17) is 5.11 Å². The van der Waals surface area contributed by atoms with Gasteiger partial charge < -0.3 is 10.4 Å². The fourth-order valence-corrected chi connectivity index (χ4v) is 2.05. The predicted octanol–water partition coefficient (Wildman–Crippen LogP) is 2.42. The maximum absolute atomic E-state index is 12.7. The zero-order valence-corrected chi connectivity index (χ0v) is 8.51. The number of anilines is 1. The minimum Gasteiger partial charge on any atom is -0.396 e. The van der Waals surface area contributed by atoms with E-state index in [0.29, 0.717) is 24.1 Å². The Morgan fingerprint density at radius 2 is 2.12 bits per heavy atom. The van der Waals surface area contributed by atoms with Crippen LogP contribution in [0.1, 0.15) is 17.5 Å². The highest BCUT2D eigenvalue weighted by atomic mass is 19.4. The second-order valence-corrected chi connectivity index (χ2v) is 3.89. The Bertz CT molecular complexity index is 389. The van der Waals surface area contributed by atoms with E-state index >= 15 is 0 Å². The Kier molecular flexibility index (Phi) is 2.80. The van der Waals surface area contributed by atoms with Crippen LogP contribution in [0.3, 0.4) is 0 Å². The molecule has 0 spiro atoms. The quantitative estimate of drug-likeness (QED) is 0.819. The molecule has 0 amide bonds. The van der Waals surface area contributed by atoms with Gasteiger partial charge >= 0.3 is 6.18 Å². The summed E-state index contributed by atoms with van der Waals surface area (Å²) in [5.74, 6) is 0. The molecule has 1 unspecified atom stereocenters. The van der Waals surface area contributed by atoms with Crippen LogP contribution in [0.15, 0.2) is 18.2 Å². The molecule has 16 heavy (non-hydrogen) atoms. The van der Waals surface area contributed by atoms with Crippen molar-refractivity contribution in [2.75, 3.05) is 11.9 Å². The molecule has 0 saturated heterocycles. The Labute approximate surface area is 91.1 Å². The van der Waals surface area contributed by atoms with Gasteiger partial charge in [0.15, 0.2) is 0 Å². The predicted molar refractivity (Wildman–Crippen MR) is 54.3 cm³/mol. The second kappa shape index (κ2) is 3.97. The van der Waals surface area contributed by atoms with Crippen LogP contribution in [0.2, 0.25) is 0 Å². The third-order valence-electron chi connectivity index (χ3n) is 2.77. The molecule has 0 bridgehead atoms. The molecule has 88 valence electrons. The highest BCUT2D eigenvalue weighted by molar-refractivity contribution is 5.60. The summed E-state index contributed by atoms with van der Waals surface area (Å²) in [6, 6.07) is 4.04. The van der Waals surface area contributed by atoms with E-state index in [9.17, 15) is 13.2 Å². The Balaban J connectivity index is 2.31. The van der Waals surface area contributed by atoms with E-state index in [1.165, 1.54) is 6.07 Å². The van der Waals surface area contributed by atoms with Crippen LogP contribution in [0.5, 0.6) is 0 Å². The minimum absolute atomic E-state index is 0.0208. The number of hydrogen-bond acceptors (Lipinski definition) is 2. The molecule has 2 nitrogen and oxygen atoms in total. The number of rotatable bonds is 2. The number of alkyl halides is 3. The molecule has 2 rings (SSSR count). The van der Waals surface area contributed by atoms with Crippen LogP contribution in [0.4, 0.5) is 18.9 Å². The van der Waals surface area contributed by atoms with Crippen LogP contribution in [-0.2, 0) is 12.6 Å². The second-order valence-electron chi connectivity index (χ2n) is 3.89. The van der Waals surface area contributed by atoms with Crippen molar-refractivity contribution < 1.29 is 18.3 Å². The molecule has 0 saturated carbocycles. The summed E-state index contributed by atoms with van der Waals surface area (Å²) in [6.45, 7) is -0.0208. The van der Waals surface area contributed by atoms with E-state index in [-0.39, 0.29) is 12.6 Å². The first-order chi connectivity index (χ1) is 7.52. The maximum atomic E-state index is 12.7. The van der Waals surface area contributed by atoms with Crippen molar-refractivity contribution in [2.24, 2.45) is 0 Å². The lowest BCUT2D eigenvalue weighted by Gasteiger charge is -2.10. The third-order valence-corrected chi connectivity index (χ3v) is 2.77. The molecule has 5 heteroatoms. The van der Waals surface area contributed by atoms with E-state index in [0.717, 1.165) is 6.07 Å². The summed E-state index contributed by atoms with van der Waals surface area (Å²) in [5, 5.41) is 11.8. The lowest BCUT2D eigenvalue weighted by Crippen LogP contribution is -2.17. The van der Waals surface area contributed by atoms with Crippen molar-refractivity contribution >= 4 is 5.69 Å². The van der Waals surface area contributed by atoms with Gasteiger partial charge in [0.25, 0.3) is 0 Å². The summed E-state index contributed by atoms with van der Waals surface area (Å²) in [6.07, 6.45) is -3.52. The number of aliphatic hydroxyl groups excluding tert-OH is 1. The molecule has 1 aromatic carbocycles. The number of halogens is 3. The average molecular weight is 231 g/mol. The molecule has 1 heterocycles. The van der Waals surface area contributed by atoms with Crippen LogP contribution in [-0.4, -0.2) is 17.8 Å². The number of benzene rings is 1. The Morgan fingerprint density at radius 1 is 1.38 bits per heavy atom. The number of hydrogen-bond donors (Lipinski definition) is 2. The SMILES string of the molecule is OCCC1Cc2c(cccc2C(F)(F)F)N1. The first-order valence-electron chi connectivity index (χ1n) is 5.09. The highest BCUT2D eigenvalue weighted by Crippen LogP contribution is 2.38. The minimum atomic E-state index is -4.30. The van der Waals surface area contributed by atoms with Gasteiger partial charge in [-0.25, -0.2) is 0 Å². The molecule has 1 aromatic rings. The van der Waals surface area contributed by atoms with Crippen molar-refractivity contribution in [1.29, 1.82) is 0 Å². The summed E-state index contributed by atoms with van der Waals surface area (Å²) >= 11 is 0. The monoisotopic (exact) mass is 231 g/mol. The van der Waals surface area contributed by atoms with Gasteiger partial charge in [0.2, 0.25) is 0 Å². The first kappa shape index (κ1) is 11.3.